The van der Waals surface area contributed by atoms with E-state index in [-0.39, 0.29) is 6.04 Å². The molecule has 0 amide bonds. The van der Waals surface area contributed by atoms with E-state index in [2.05, 4.69) is 22.2 Å². The predicted octanol–water partition coefficient (Wildman–Crippen LogP) is 2.02. The fraction of sp³-hybridized carbons (Fsp3) is 0.750. The SMILES string of the molecule is COC1CN(c2nc(C(C)N)cs2)CCC1C. The molecule has 0 spiro atoms. The molecule has 1 aromatic heterocycles. The van der Waals surface area contributed by atoms with Gasteiger partial charge in [0, 0.05) is 31.6 Å². The topological polar surface area (TPSA) is 51.4 Å². The standard InChI is InChI=1S/C12H21N3OS/c1-8-4-5-15(6-11(8)16-3)12-14-10(7-17-12)9(2)13/h7-9,11H,4-6,13H2,1-3H3. The highest BCUT2D eigenvalue weighted by Crippen LogP contribution is 2.28. The van der Waals surface area contributed by atoms with Gasteiger partial charge in [0.05, 0.1) is 11.8 Å². The number of hydrogen-bond acceptors (Lipinski definition) is 5. The van der Waals surface area contributed by atoms with Crippen LogP contribution in [0, 0.1) is 5.92 Å². The molecular formula is C12H21N3OS. The molecule has 17 heavy (non-hydrogen) atoms. The van der Waals surface area contributed by atoms with Gasteiger partial charge in [-0.25, -0.2) is 4.98 Å². The summed E-state index contributed by atoms with van der Waals surface area (Å²) in [7, 11) is 1.79. The van der Waals surface area contributed by atoms with Crippen LogP contribution >= 0.6 is 11.3 Å². The van der Waals surface area contributed by atoms with Crippen molar-refractivity contribution < 1.29 is 4.74 Å². The van der Waals surface area contributed by atoms with Crippen molar-refractivity contribution in [1.82, 2.24) is 4.98 Å². The molecule has 0 aromatic carbocycles. The van der Waals surface area contributed by atoms with Crippen LogP contribution in [0.1, 0.15) is 32.0 Å². The van der Waals surface area contributed by atoms with E-state index in [4.69, 9.17) is 10.5 Å². The maximum atomic E-state index is 5.83. The van der Waals surface area contributed by atoms with Crippen molar-refractivity contribution in [1.29, 1.82) is 0 Å². The lowest BCUT2D eigenvalue weighted by Gasteiger charge is -2.36. The number of thiazole rings is 1. The highest BCUT2D eigenvalue weighted by molar-refractivity contribution is 7.13. The van der Waals surface area contributed by atoms with E-state index >= 15 is 0 Å². The van der Waals surface area contributed by atoms with Gasteiger partial charge < -0.3 is 15.4 Å². The van der Waals surface area contributed by atoms with Crippen molar-refractivity contribution >= 4 is 16.5 Å². The molecule has 1 saturated heterocycles. The van der Waals surface area contributed by atoms with Crippen LogP contribution in [0.3, 0.4) is 0 Å². The largest absolute Gasteiger partial charge is 0.379 e. The molecule has 1 fully saturated rings. The van der Waals surface area contributed by atoms with E-state index in [0.717, 1.165) is 30.3 Å². The summed E-state index contributed by atoms with van der Waals surface area (Å²) in [5.74, 6) is 0.629. The average Bonchev–Trinajstić information content (AvgIpc) is 2.79. The highest BCUT2D eigenvalue weighted by atomic mass is 32.1. The molecule has 3 atom stereocenters. The lowest BCUT2D eigenvalue weighted by Crippen LogP contribution is -2.43. The fourth-order valence-corrected chi connectivity index (χ4v) is 3.11. The minimum atomic E-state index is 0.0157. The molecule has 0 aliphatic carbocycles. The number of ether oxygens (including phenoxy) is 1. The Balaban J connectivity index is 2.06. The van der Waals surface area contributed by atoms with Crippen LogP contribution in [-0.4, -0.2) is 31.3 Å². The fourth-order valence-electron chi connectivity index (χ4n) is 2.14. The molecular weight excluding hydrogens is 234 g/mol. The Labute approximate surface area is 107 Å². The van der Waals surface area contributed by atoms with Crippen molar-refractivity contribution in [3.8, 4) is 0 Å². The van der Waals surface area contributed by atoms with E-state index in [1.807, 2.05) is 6.92 Å². The maximum Gasteiger partial charge on any atom is 0.185 e. The van der Waals surface area contributed by atoms with Gasteiger partial charge in [-0.15, -0.1) is 11.3 Å². The summed E-state index contributed by atoms with van der Waals surface area (Å²) in [6, 6.07) is 0.0157. The molecule has 5 heteroatoms. The number of aromatic nitrogens is 1. The van der Waals surface area contributed by atoms with Crippen LogP contribution in [0.15, 0.2) is 5.38 Å². The normalized spacial score (nSPS) is 27.2. The lowest BCUT2D eigenvalue weighted by atomic mass is 9.96. The molecule has 2 N–H and O–H groups in total. The zero-order chi connectivity index (χ0) is 12.4. The third kappa shape index (κ3) is 2.78. The number of nitrogens with zero attached hydrogens (tertiary/aromatic N) is 2. The first-order chi connectivity index (χ1) is 8.11. The predicted molar refractivity (Wildman–Crippen MR) is 71.5 cm³/mol. The Bertz CT molecular complexity index is 366. The summed E-state index contributed by atoms with van der Waals surface area (Å²) in [4.78, 5) is 6.90. The number of methoxy groups -OCH3 is 1. The first-order valence-corrected chi connectivity index (χ1v) is 6.98. The van der Waals surface area contributed by atoms with Gasteiger partial charge in [0.25, 0.3) is 0 Å². The third-order valence-electron chi connectivity index (χ3n) is 3.44. The second-order valence-corrected chi connectivity index (χ2v) is 5.67. The van der Waals surface area contributed by atoms with Crippen LogP contribution in [-0.2, 0) is 4.74 Å². The molecule has 1 aromatic rings. The summed E-state index contributed by atoms with van der Waals surface area (Å²) in [6.45, 7) is 6.21. The maximum absolute atomic E-state index is 5.83. The average molecular weight is 255 g/mol. The zero-order valence-corrected chi connectivity index (χ0v) is 11.5. The summed E-state index contributed by atoms with van der Waals surface area (Å²) < 4.78 is 5.52. The molecule has 2 rings (SSSR count). The van der Waals surface area contributed by atoms with Crippen molar-refractivity contribution in [2.45, 2.75) is 32.4 Å². The van der Waals surface area contributed by atoms with Gasteiger partial charge in [-0.2, -0.15) is 0 Å². The third-order valence-corrected chi connectivity index (χ3v) is 4.36. The van der Waals surface area contributed by atoms with Crippen molar-refractivity contribution in [2.24, 2.45) is 11.7 Å². The quantitative estimate of drug-likeness (QED) is 0.898. The van der Waals surface area contributed by atoms with E-state index < -0.39 is 0 Å². The second-order valence-electron chi connectivity index (χ2n) is 4.83. The van der Waals surface area contributed by atoms with Gasteiger partial charge >= 0.3 is 0 Å². The summed E-state index contributed by atoms with van der Waals surface area (Å²) >= 11 is 1.68. The monoisotopic (exact) mass is 255 g/mol. The molecule has 1 aliphatic rings. The molecule has 0 bridgehead atoms. The second kappa shape index (κ2) is 5.33. The smallest absolute Gasteiger partial charge is 0.185 e. The molecule has 3 unspecified atom stereocenters. The van der Waals surface area contributed by atoms with Crippen LogP contribution in [0.25, 0.3) is 0 Å². The number of hydrogen-bond donors (Lipinski definition) is 1. The molecule has 0 saturated carbocycles. The summed E-state index contributed by atoms with van der Waals surface area (Å²) in [5.41, 5.74) is 6.82. The van der Waals surface area contributed by atoms with E-state index in [1.165, 1.54) is 0 Å². The number of anilines is 1. The molecule has 0 radical (unpaired) electrons. The van der Waals surface area contributed by atoms with Crippen molar-refractivity contribution in [2.75, 3.05) is 25.1 Å². The summed E-state index contributed by atoms with van der Waals surface area (Å²) in [6.07, 6.45) is 1.47. The van der Waals surface area contributed by atoms with Gasteiger partial charge in [-0.05, 0) is 19.3 Å². The van der Waals surface area contributed by atoms with Gasteiger partial charge in [-0.3, -0.25) is 0 Å². The van der Waals surface area contributed by atoms with Gasteiger partial charge in [0.1, 0.15) is 0 Å². The van der Waals surface area contributed by atoms with Gasteiger partial charge in [-0.1, -0.05) is 6.92 Å². The van der Waals surface area contributed by atoms with E-state index in [0.29, 0.717) is 12.0 Å². The lowest BCUT2D eigenvalue weighted by molar-refractivity contribution is 0.0498. The Morgan fingerprint density at radius 2 is 2.41 bits per heavy atom. The van der Waals surface area contributed by atoms with Crippen LogP contribution < -0.4 is 10.6 Å². The first-order valence-electron chi connectivity index (χ1n) is 6.10. The van der Waals surface area contributed by atoms with Gasteiger partial charge in [0.2, 0.25) is 0 Å². The number of nitrogens with two attached hydrogens (primary N) is 1. The van der Waals surface area contributed by atoms with Crippen LogP contribution in [0.2, 0.25) is 0 Å². The minimum Gasteiger partial charge on any atom is -0.379 e. The minimum absolute atomic E-state index is 0.0157. The van der Waals surface area contributed by atoms with Gasteiger partial charge in [0.15, 0.2) is 5.13 Å². The molecule has 1 aliphatic heterocycles. The highest BCUT2D eigenvalue weighted by Gasteiger charge is 2.27. The molecule has 2 heterocycles. The number of piperidine rings is 1. The van der Waals surface area contributed by atoms with Crippen molar-refractivity contribution in [3.05, 3.63) is 11.1 Å². The number of rotatable bonds is 3. The molecule has 4 nitrogen and oxygen atoms in total. The van der Waals surface area contributed by atoms with E-state index in [9.17, 15) is 0 Å². The Morgan fingerprint density at radius 3 is 3.00 bits per heavy atom. The molecule has 96 valence electrons. The van der Waals surface area contributed by atoms with E-state index in [1.54, 1.807) is 18.4 Å². The first kappa shape index (κ1) is 12.8. The van der Waals surface area contributed by atoms with Crippen molar-refractivity contribution in [3.63, 3.8) is 0 Å². The Hall–Kier alpha value is -0.650. The van der Waals surface area contributed by atoms with Crippen LogP contribution in [0.4, 0.5) is 5.13 Å². The zero-order valence-electron chi connectivity index (χ0n) is 10.7. The summed E-state index contributed by atoms with van der Waals surface area (Å²) in [5, 5.41) is 3.13. The van der Waals surface area contributed by atoms with Crippen LogP contribution in [0.5, 0.6) is 0 Å². The Kier molecular flexibility index (Phi) is 4.01. The Morgan fingerprint density at radius 1 is 1.65 bits per heavy atom.